The molecule has 1 saturated carbocycles. The average molecular weight is 208 g/mol. The van der Waals surface area contributed by atoms with Crippen LogP contribution in [-0.4, -0.2) is 22.0 Å². The molecule has 1 aliphatic carbocycles. The Morgan fingerprint density at radius 1 is 1.40 bits per heavy atom. The molecule has 0 amide bonds. The maximum Gasteiger partial charge on any atom is 0.0964 e. The van der Waals surface area contributed by atoms with Crippen molar-refractivity contribution in [3.8, 4) is 0 Å². The summed E-state index contributed by atoms with van der Waals surface area (Å²) in [5.41, 5.74) is 1.04. The van der Waals surface area contributed by atoms with Crippen LogP contribution in [0.3, 0.4) is 0 Å². The van der Waals surface area contributed by atoms with Crippen molar-refractivity contribution < 1.29 is 0 Å². The monoisotopic (exact) mass is 208 g/mol. The molecule has 1 heterocycles. The lowest BCUT2D eigenvalue weighted by Crippen LogP contribution is -2.14. The van der Waals surface area contributed by atoms with Crippen LogP contribution in [0.1, 0.15) is 37.8 Å². The van der Waals surface area contributed by atoms with Crippen LogP contribution in [0.5, 0.6) is 0 Å². The number of hydrogen-bond acceptors (Lipinski definition) is 3. The molecule has 0 spiro atoms. The van der Waals surface area contributed by atoms with E-state index in [2.05, 4.69) is 21.8 Å². The molecule has 1 fully saturated rings. The predicted octanol–water partition coefficient (Wildman–Crippen LogP) is 1.58. The summed E-state index contributed by atoms with van der Waals surface area (Å²) in [7, 11) is 1.93. The van der Waals surface area contributed by atoms with Crippen LogP contribution in [0.4, 0.5) is 0 Å². The summed E-state index contributed by atoms with van der Waals surface area (Å²) in [5, 5.41) is 11.4. The van der Waals surface area contributed by atoms with Gasteiger partial charge in [-0.15, -0.1) is 5.10 Å². The molecule has 1 aliphatic rings. The second kappa shape index (κ2) is 5.26. The van der Waals surface area contributed by atoms with Crippen molar-refractivity contribution in [1.29, 1.82) is 0 Å². The molecule has 0 aliphatic heterocycles. The molecule has 84 valence electrons. The fourth-order valence-corrected chi connectivity index (χ4v) is 2.32. The van der Waals surface area contributed by atoms with E-state index in [9.17, 15) is 0 Å². The Morgan fingerprint density at radius 2 is 2.20 bits per heavy atom. The number of hydrogen-bond donors (Lipinski definition) is 1. The number of aromatic nitrogens is 3. The molecule has 0 saturated heterocycles. The van der Waals surface area contributed by atoms with Gasteiger partial charge >= 0.3 is 0 Å². The average Bonchev–Trinajstić information content (AvgIpc) is 2.68. The Balaban J connectivity index is 1.86. The molecule has 4 heteroatoms. The fraction of sp³-hybridized carbons (Fsp3) is 0.818. The summed E-state index contributed by atoms with van der Waals surface area (Å²) in [5.74, 6) is 0.822. The van der Waals surface area contributed by atoms with Crippen LogP contribution < -0.4 is 5.32 Å². The highest BCUT2D eigenvalue weighted by Gasteiger charge is 2.14. The highest BCUT2D eigenvalue weighted by Crippen LogP contribution is 2.24. The first-order chi connectivity index (χ1) is 7.38. The fourth-order valence-electron chi connectivity index (χ4n) is 2.32. The van der Waals surface area contributed by atoms with Gasteiger partial charge in [-0.1, -0.05) is 24.5 Å². The third kappa shape index (κ3) is 3.02. The Labute approximate surface area is 91.1 Å². The van der Waals surface area contributed by atoms with Crippen molar-refractivity contribution in [3.05, 3.63) is 11.9 Å². The van der Waals surface area contributed by atoms with Crippen molar-refractivity contribution in [3.63, 3.8) is 0 Å². The van der Waals surface area contributed by atoms with Gasteiger partial charge in [0.25, 0.3) is 0 Å². The predicted molar refractivity (Wildman–Crippen MR) is 59.4 cm³/mol. The van der Waals surface area contributed by atoms with Crippen molar-refractivity contribution in [2.24, 2.45) is 5.92 Å². The largest absolute Gasteiger partial charge is 0.314 e. The first-order valence-corrected chi connectivity index (χ1v) is 5.92. The molecule has 0 atom stereocenters. The van der Waals surface area contributed by atoms with E-state index >= 15 is 0 Å². The second-order valence-corrected chi connectivity index (χ2v) is 4.47. The molecule has 1 aromatic rings. The highest BCUT2D eigenvalue weighted by molar-refractivity contribution is 4.91. The Bertz CT molecular complexity index is 289. The van der Waals surface area contributed by atoms with Crippen molar-refractivity contribution in [1.82, 2.24) is 20.3 Å². The van der Waals surface area contributed by atoms with Gasteiger partial charge in [-0.25, -0.2) is 0 Å². The summed E-state index contributed by atoms with van der Waals surface area (Å²) in [4.78, 5) is 0. The summed E-state index contributed by atoms with van der Waals surface area (Å²) in [6.45, 7) is 1.86. The topological polar surface area (TPSA) is 42.7 Å². The van der Waals surface area contributed by atoms with Gasteiger partial charge in [0.1, 0.15) is 0 Å². The summed E-state index contributed by atoms with van der Waals surface area (Å²) in [6, 6.07) is 0. The van der Waals surface area contributed by atoms with Crippen molar-refractivity contribution in [2.45, 2.75) is 45.2 Å². The summed E-state index contributed by atoms with van der Waals surface area (Å²) in [6.07, 6.45) is 8.98. The molecule has 0 aromatic carbocycles. The van der Waals surface area contributed by atoms with E-state index in [-0.39, 0.29) is 0 Å². The van der Waals surface area contributed by atoms with Gasteiger partial charge in [-0.05, 0) is 25.8 Å². The van der Waals surface area contributed by atoms with E-state index in [1.54, 1.807) is 0 Å². The maximum absolute atomic E-state index is 4.16. The van der Waals surface area contributed by atoms with Gasteiger partial charge in [-0.2, -0.15) is 0 Å². The number of nitrogens with one attached hydrogen (secondary N) is 1. The molecule has 4 nitrogen and oxygen atoms in total. The first-order valence-electron chi connectivity index (χ1n) is 5.92. The zero-order valence-corrected chi connectivity index (χ0v) is 9.45. The molecule has 2 rings (SSSR count). The zero-order valence-electron chi connectivity index (χ0n) is 9.45. The SMILES string of the molecule is CNCc1cn(CC2CCCCC2)nn1. The Hall–Kier alpha value is -0.900. The molecule has 0 radical (unpaired) electrons. The van der Waals surface area contributed by atoms with E-state index in [4.69, 9.17) is 0 Å². The summed E-state index contributed by atoms with van der Waals surface area (Å²) < 4.78 is 2.00. The van der Waals surface area contributed by atoms with Crippen LogP contribution >= 0.6 is 0 Å². The van der Waals surface area contributed by atoms with Crippen molar-refractivity contribution >= 4 is 0 Å². The minimum absolute atomic E-state index is 0.810. The number of rotatable bonds is 4. The quantitative estimate of drug-likeness (QED) is 0.817. The van der Waals surface area contributed by atoms with Crippen LogP contribution in [0.2, 0.25) is 0 Å². The molecule has 1 aromatic heterocycles. The molecule has 0 bridgehead atoms. The smallest absolute Gasteiger partial charge is 0.0964 e. The third-order valence-corrected chi connectivity index (χ3v) is 3.11. The van der Waals surface area contributed by atoms with Gasteiger partial charge in [0.15, 0.2) is 0 Å². The standard InChI is InChI=1S/C11H20N4/c1-12-7-11-9-15(14-13-11)8-10-5-3-2-4-6-10/h9-10,12H,2-8H2,1H3. The van der Waals surface area contributed by atoms with Gasteiger partial charge in [0.05, 0.1) is 5.69 Å². The van der Waals surface area contributed by atoms with Gasteiger partial charge < -0.3 is 5.32 Å². The van der Waals surface area contributed by atoms with Crippen LogP contribution in [0, 0.1) is 5.92 Å². The zero-order chi connectivity index (χ0) is 10.5. The van der Waals surface area contributed by atoms with Gasteiger partial charge in [-0.3, -0.25) is 4.68 Å². The minimum Gasteiger partial charge on any atom is -0.314 e. The third-order valence-electron chi connectivity index (χ3n) is 3.11. The van der Waals surface area contributed by atoms with E-state index < -0.39 is 0 Å². The van der Waals surface area contributed by atoms with Gasteiger partial charge in [0.2, 0.25) is 0 Å². The highest BCUT2D eigenvalue weighted by atomic mass is 15.4. The number of nitrogens with zero attached hydrogens (tertiary/aromatic N) is 3. The lowest BCUT2D eigenvalue weighted by Gasteiger charge is -2.20. The minimum atomic E-state index is 0.810. The molecule has 15 heavy (non-hydrogen) atoms. The lowest BCUT2D eigenvalue weighted by molar-refractivity contribution is 0.305. The molecule has 0 unspecified atom stereocenters. The van der Waals surface area contributed by atoms with Crippen LogP contribution in [-0.2, 0) is 13.1 Å². The molecule has 1 N–H and O–H groups in total. The molecular weight excluding hydrogens is 188 g/mol. The Morgan fingerprint density at radius 3 is 2.93 bits per heavy atom. The lowest BCUT2D eigenvalue weighted by atomic mass is 9.89. The van der Waals surface area contributed by atoms with E-state index in [0.717, 1.165) is 24.7 Å². The molecular formula is C11H20N4. The summed E-state index contributed by atoms with van der Waals surface area (Å²) >= 11 is 0. The maximum atomic E-state index is 4.16. The normalized spacial score (nSPS) is 18.2. The van der Waals surface area contributed by atoms with E-state index in [1.165, 1.54) is 32.1 Å². The van der Waals surface area contributed by atoms with E-state index in [1.807, 2.05) is 11.7 Å². The van der Waals surface area contributed by atoms with Crippen molar-refractivity contribution in [2.75, 3.05) is 7.05 Å². The Kier molecular flexibility index (Phi) is 3.72. The van der Waals surface area contributed by atoms with Crippen LogP contribution in [0.25, 0.3) is 0 Å². The van der Waals surface area contributed by atoms with E-state index in [0.29, 0.717) is 0 Å². The first kappa shape index (κ1) is 10.6. The second-order valence-electron chi connectivity index (χ2n) is 4.47. The van der Waals surface area contributed by atoms with Crippen LogP contribution in [0.15, 0.2) is 6.20 Å². The van der Waals surface area contributed by atoms with Gasteiger partial charge in [0, 0.05) is 19.3 Å².